The number of halogens is 3. The fraction of sp³-hybridized carbons (Fsp3) is 0.250. The molecule has 5 nitrogen and oxygen atoms in total. The first-order chi connectivity index (χ1) is 13.3. The minimum Gasteiger partial charge on any atom is -0.326 e. The number of anilines is 1. The lowest BCUT2D eigenvalue weighted by atomic mass is 10.1. The average molecular weight is 389 g/mol. The summed E-state index contributed by atoms with van der Waals surface area (Å²) in [6.07, 6.45) is -0.223. The van der Waals surface area contributed by atoms with E-state index < -0.39 is 23.4 Å². The number of hydrogen-bond acceptors (Lipinski definition) is 3. The maximum Gasteiger partial charge on any atom is 0.274 e. The largest absolute Gasteiger partial charge is 0.326 e. The van der Waals surface area contributed by atoms with Gasteiger partial charge in [-0.05, 0) is 12.0 Å². The standard InChI is InChI=1S/C20H18F3N3O2/c1-11(2)10-26-20(28)14-6-4-3-5-13(14)17(25-26)9-18(27)24-12-7-15(21)19(23)16(22)8-12/h3-8,11H,9-10H2,1-2H3,(H,24,27). The molecule has 1 aromatic heterocycles. The van der Waals surface area contributed by atoms with Crippen LogP contribution in [0, 0.1) is 23.4 Å². The summed E-state index contributed by atoms with van der Waals surface area (Å²) >= 11 is 0. The lowest BCUT2D eigenvalue weighted by molar-refractivity contribution is -0.115. The Morgan fingerprint density at radius 3 is 2.32 bits per heavy atom. The van der Waals surface area contributed by atoms with Crippen LogP contribution in [0.5, 0.6) is 0 Å². The first-order valence-electron chi connectivity index (χ1n) is 8.69. The average Bonchev–Trinajstić information content (AvgIpc) is 2.63. The number of fused-ring (bicyclic) bond motifs is 1. The third-order valence-electron chi connectivity index (χ3n) is 4.08. The Morgan fingerprint density at radius 2 is 1.71 bits per heavy atom. The van der Waals surface area contributed by atoms with Crippen molar-refractivity contribution < 1.29 is 18.0 Å². The van der Waals surface area contributed by atoms with Crippen molar-refractivity contribution in [1.82, 2.24) is 9.78 Å². The molecule has 2 aromatic carbocycles. The molecule has 1 amide bonds. The van der Waals surface area contributed by atoms with Crippen molar-refractivity contribution in [2.24, 2.45) is 5.92 Å². The van der Waals surface area contributed by atoms with E-state index in [0.29, 0.717) is 35.1 Å². The Hall–Kier alpha value is -3.16. The fourth-order valence-corrected chi connectivity index (χ4v) is 2.89. The van der Waals surface area contributed by atoms with E-state index in [1.807, 2.05) is 13.8 Å². The third kappa shape index (κ3) is 4.05. The first kappa shape index (κ1) is 19.6. The number of nitrogens with one attached hydrogen (secondary N) is 1. The monoisotopic (exact) mass is 389 g/mol. The van der Waals surface area contributed by atoms with E-state index in [1.165, 1.54) is 4.68 Å². The van der Waals surface area contributed by atoms with E-state index in [-0.39, 0.29) is 23.6 Å². The van der Waals surface area contributed by atoms with Crippen molar-refractivity contribution in [1.29, 1.82) is 0 Å². The maximum absolute atomic E-state index is 13.3. The van der Waals surface area contributed by atoms with Crippen molar-refractivity contribution >= 4 is 22.4 Å². The van der Waals surface area contributed by atoms with E-state index in [0.717, 1.165) is 0 Å². The Labute approximate surface area is 158 Å². The van der Waals surface area contributed by atoms with E-state index in [9.17, 15) is 22.8 Å². The Bertz CT molecular complexity index is 1090. The van der Waals surface area contributed by atoms with Crippen molar-refractivity contribution in [2.45, 2.75) is 26.8 Å². The highest BCUT2D eigenvalue weighted by atomic mass is 19.2. The predicted octanol–water partition coefficient (Wildman–Crippen LogP) is 3.65. The number of rotatable bonds is 5. The first-order valence-corrected chi connectivity index (χ1v) is 8.69. The van der Waals surface area contributed by atoms with Crippen LogP contribution in [0.4, 0.5) is 18.9 Å². The minimum atomic E-state index is -1.61. The van der Waals surface area contributed by atoms with Crippen LogP contribution in [0.2, 0.25) is 0 Å². The van der Waals surface area contributed by atoms with Crippen LogP contribution in [0.3, 0.4) is 0 Å². The second-order valence-corrected chi connectivity index (χ2v) is 6.85. The van der Waals surface area contributed by atoms with Crippen LogP contribution in [0.1, 0.15) is 19.5 Å². The van der Waals surface area contributed by atoms with Gasteiger partial charge in [0.2, 0.25) is 5.91 Å². The number of nitrogens with zero attached hydrogens (tertiary/aromatic N) is 2. The third-order valence-corrected chi connectivity index (χ3v) is 4.08. The van der Waals surface area contributed by atoms with Gasteiger partial charge in [0.25, 0.3) is 5.56 Å². The van der Waals surface area contributed by atoms with E-state index in [2.05, 4.69) is 10.4 Å². The van der Waals surface area contributed by atoms with Gasteiger partial charge in [-0.25, -0.2) is 17.9 Å². The van der Waals surface area contributed by atoms with Crippen LogP contribution in [-0.2, 0) is 17.8 Å². The van der Waals surface area contributed by atoms with E-state index in [4.69, 9.17) is 0 Å². The molecule has 3 aromatic rings. The van der Waals surface area contributed by atoms with Gasteiger partial charge in [-0.3, -0.25) is 9.59 Å². The van der Waals surface area contributed by atoms with Crippen LogP contribution < -0.4 is 10.9 Å². The predicted molar refractivity (Wildman–Crippen MR) is 99.5 cm³/mol. The SMILES string of the molecule is CC(C)Cn1nc(CC(=O)Nc2cc(F)c(F)c(F)c2)c2ccccc2c1=O. The smallest absolute Gasteiger partial charge is 0.274 e. The second-order valence-electron chi connectivity index (χ2n) is 6.85. The number of amides is 1. The molecule has 8 heteroatoms. The molecular formula is C20H18F3N3O2. The Kier molecular flexibility index (Phi) is 5.48. The summed E-state index contributed by atoms with van der Waals surface area (Å²) in [6, 6.07) is 8.17. The zero-order valence-corrected chi connectivity index (χ0v) is 15.3. The van der Waals surface area contributed by atoms with Gasteiger partial charge < -0.3 is 5.32 Å². The second kappa shape index (κ2) is 7.84. The van der Waals surface area contributed by atoms with Crippen LogP contribution in [0.15, 0.2) is 41.2 Å². The lowest BCUT2D eigenvalue weighted by Crippen LogP contribution is -2.28. The van der Waals surface area contributed by atoms with Crippen LogP contribution >= 0.6 is 0 Å². The molecule has 28 heavy (non-hydrogen) atoms. The summed E-state index contributed by atoms with van der Waals surface area (Å²) in [5, 5.41) is 7.59. The van der Waals surface area contributed by atoms with Crippen molar-refractivity contribution in [3.63, 3.8) is 0 Å². The molecule has 146 valence electrons. The van der Waals surface area contributed by atoms with Crippen molar-refractivity contribution in [2.75, 3.05) is 5.32 Å². The molecule has 0 unspecified atom stereocenters. The molecule has 0 aliphatic carbocycles. The minimum absolute atomic E-state index is 0.165. The molecule has 0 bridgehead atoms. The number of carbonyl (C=O) groups is 1. The van der Waals surface area contributed by atoms with Gasteiger partial charge in [-0.1, -0.05) is 32.0 Å². The summed E-state index contributed by atoms with van der Waals surface area (Å²) < 4.78 is 41.0. The van der Waals surface area contributed by atoms with Gasteiger partial charge >= 0.3 is 0 Å². The molecule has 1 N–H and O–H groups in total. The maximum atomic E-state index is 13.3. The molecule has 0 radical (unpaired) electrons. The quantitative estimate of drug-likeness (QED) is 0.678. The molecule has 0 aliphatic rings. The van der Waals surface area contributed by atoms with Crippen LogP contribution in [0.25, 0.3) is 10.8 Å². The number of benzene rings is 2. The van der Waals surface area contributed by atoms with Gasteiger partial charge in [0.15, 0.2) is 17.5 Å². The molecular weight excluding hydrogens is 371 g/mol. The Balaban J connectivity index is 1.94. The molecule has 0 fully saturated rings. The molecule has 0 atom stereocenters. The zero-order valence-electron chi connectivity index (χ0n) is 15.3. The summed E-state index contributed by atoms with van der Waals surface area (Å²) in [4.78, 5) is 25.0. The number of aromatic nitrogens is 2. The number of carbonyl (C=O) groups excluding carboxylic acids is 1. The van der Waals surface area contributed by atoms with Crippen molar-refractivity contribution in [3.05, 3.63) is 69.9 Å². The van der Waals surface area contributed by atoms with Gasteiger partial charge in [-0.15, -0.1) is 0 Å². The van der Waals surface area contributed by atoms with Gasteiger partial charge in [0, 0.05) is 29.8 Å². The summed E-state index contributed by atoms with van der Waals surface area (Å²) in [5.74, 6) is -4.84. The molecule has 0 aliphatic heterocycles. The highest BCUT2D eigenvalue weighted by Gasteiger charge is 2.16. The summed E-state index contributed by atoms with van der Waals surface area (Å²) in [7, 11) is 0. The molecule has 1 heterocycles. The lowest BCUT2D eigenvalue weighted by Gasteiger charge is -2.13. The highest BCUT2D eigenvalue weighted by molar-refractivity contribution is 5.95. The van der Waals surface area contributed by atoms with Crippen LogP contribution in [-0.4, -0.2) is 15.7 Å². The zero-order chi connectivity index (χ0) is 20.4. The molecule has 3 rings (SSSR count). The number of hydrogen-bond donors (Lipinski definition) is 1. The van der Waals surface area contributed by atoms with Crippen molar-refractivity contribution in [3.8, 4) is 0 Å². The fourth-order valence-electron chi connectivity index (χ4n) is 2.89. The van der Waals surface area contributed by atoms with Gasteiger partial charge in [0.05, 0.1) is 17.5 Å². The highest BCUT2D eigenvalue weighted by Crippen LogP contribution is 2.19. The molecule has 0 saturated carbocycles. The molecule has 0 spiro atoms. The van der Waals surface area contributed by atoms with Gasteiger partial charge in [0.1, 0.15) is 0 Å². The summed E-state index contributed by atoms with van der Waals surface area (Å²) in [6.45, 7) is 4.26. The Morgan fingerprint density at radius 1 is 1.11 bits per heavy atom. The van der Waals surface area contributed by atoms with Gasteiger partial charge in [-0.2, -0.15) is 5.10 Å². The molecule has 0 saturated heterocycles. The normalized spacial score (nSPS) is 11.2. The topological polar surface area (TPSA) is 64.0 Å². The summed E-state index contributed by atoms with van der Waals surface area (Å²) in [5.41, 5.74) is -0.103. The van der Waals surface area contributed by atoms with E-state index in [1.54, 1.807) is 24.3 Å². The van der Waals surface area contributed by atoms with E-state index >= 15 is 0 Å².